The number of nitrogens with zero attached hydrogens (tertiary/aromatic N) is 1. The number of amides is 1. The zero-order valence-electron chi connectivity index (χ0n) is 15.6. The highest BCUT2D eigenvalue weighted by Gasteiger charge is 2.25. The number of nitrogens with one attached hydrogen (secondary N) is 1. The molecule has 7 nitrogen and oxygen atoms in total. The van der Waals surface area contributed by atoms with Gasteiger partial charge in [0, 0.05) is 17.5 Å². The molecule has 0 saturated heterocycles. The molecule has 3 aromatic rings. The summed E-state index contributed by atoms with van der Waals surface area (Å²) in [4.78, 5) is 37.9. The average Bonchev–Trinajstić information content (AvgIpc) is 2.71. The molecule has 2 aromatic carbocycles. The Morgan fingerprint density at radius 2 is 1.79 bits per heavy atom. The quantitative estimate of drug-likeness (QED) is 0.660. The van der Waals surface area contributed by atoms with Gasteiger partial charge in [-0.15, -0.1) is 0 Å². The van der Waals surface area contributed by atoms with E-state index in [1.165, 1.54) is 23.8 Å². The van der Waals surface area contributed by atoms with Gasteiger partial charge in [-0.3, -0.25) is 14.9 Å². The molecule has 28 heavy (non-hydrogen) atoms. The van der Waals surface area contributed by atoms with E-state index in [-0.39, 0.29) is 22.6 Å². The van der Waals surface area contributed by atoms with Gasteiger partial charge in [-0.05, 0) is 30.7 Å². The number of carbonyl (C=O) groups excluding carboxylic acids is 2. The predicted octanol–water partition coefficient (Wildman–Crippen LogP) is 3.53. The highest BCUT2D eigenvalue weighted by molar-refractivity contribution is 6.16. The van der Waals surface area contributed by atoms with Gasteiger partial charge in [0.2, 0.25) is 5.78 Å². The number of aromatic nitrogens is 1. The normalized spacial score (nSPS) is 10.6. The van der Waals surface area contributed by atoms with Gasteiger partial charge < -0.3 is 14.4 Å². The van der Waals surface area contributed by atoms with Gasteiger partial charge in [-0.25, -0.2) is 4.79 Å². The summed E-state index contributed by atoms with van der Waals surface area (Å²) in [7, 11) is 1.21. The highest BCUT2D eigenvalue weighted by Crippen LogP contribution is 2.29. The molecular formula is C21H20N2O5. The fraction of sp³-hybridized carbons (Fsp3) is 0.190. The van der Waals surface area contributed by atoms with Gasteiger partial charge >= 0.3 is 6.09 Å². The maximum atomic E-state index is 13.2. The summed E-state index contributed by atoms with van der Waals surface area (Å²) in [6.45, 7) is 2.33. The number of aromatic hydroxyl groups is 1. The zero-order chi connectivity index (χ0) is 20.3. The number of aryl methyl sites for hydroxylation is 1. The third-order valence-electron chi connectivity index (χ3n) is 4.41. The summed E-state index contributed by atoms with van der Waals surface area (Å²) in [6.07, 6.45) is -0.0608. The Hall–Kier alpha value is -3.61. The number of ether oxygens (including phenoxy) is 1. The SMILES string of the molecule is CCCn1c(=O)c(C(=O)c2ccccc2NC(=O)OC)c(O)c2ccccc21. The molecule has 1 heterocycles. The number of hydrogen-bond acceptors (Lipinski definition) is 5. The van der Waals surface area contributed by atoms with Crippen LogP contribution in [0.25, 0.3) is 10.9 Å². The number of rotatable bonds is 5. The third-order valence-corrected chi connectivity index (χ3v) is 4.41. The molecule has 1 aromatic heterocycles. The second kappa shape index (κ2) is 7.96. The van der Waals surface area contributed by atoms with E-state index in [0.717, 1.165) is 0 Å². The Labute approximate surface area is 161 Å². The molecule has 2 N–H and O–H groups in total. The van der Waals surface area contributed by atoms with Crippen molar-refractivity contribution < 1.29 is 19.4 Å². The minimum absolute atomic E-state index is 0.0821. The summed E-state index contributed by atoms with van der Waals surface area (Å²) in [5.74, 6) is -1.05. The molecule has 0 unspecified atom stereocenters. The topological polar surface area (TPSA) is 97.6 Å². The lowest BCUT2D eigenvalue weighted by Gasteiger charge is -2.15. The first-order chi connectivity index (χ1) is 13.5. The number of fused-ring (bicyclic) bond motifs is 1. The van der Waals surface area contributed by atoms with Crippen LogP contribution in [0.15, 0.2) is 53.3 Å². The molecule has 0 aliphatic heterocycles. The highest BCUT2D eigenvalue weighted by atomic mass is 16.5. The molecule has 0 radical (unpaired) electrons. The third kappa shape index (κ3) is 3.34. The van der Waals surface area contributed by atoms with E-state index >= 15 is 0 Å². The molecule has 0 fully saturated rings. The number of para-hydroxylation sites is 2. The van der Waals surface area contributed by atoms with Crippen LogP contribution in [0.2, 0.25) is 0 Å². The van der Waals surface area contributed by atoms with Gasteiger partial charge in [-0.1, -0.05) is 31.2 Å². The zero-order valence-corrected chi connectivity index (χ0v) is 15.6. The molecule has 0 saturated carbocycles. The second-order valence-corrected chi connectivity index (χ2v) is 6.19. The monoisotopic (exact) mass is 380 g/mol. The lowest BCUT2D eigenvalue weighted by molar-refractivity contribution is 0.103. The second-order valence-electron chi connectivity index (χ2n) is 6.19. The van der Waals surface area contributed by atoms with Crippen molar-refractivity contribution in [3.8, 4) is 5.75 Å². The van der Waals surface area contributed by atoms with E-state index in [1.54, 1.807) is 36.4 Å². The Morgan fingerprint density at radius 1 is 1.11 bits per heavy atom. The van der Waals surface area contributed by atoms with Crippen molar-refractivity contribution in [2.45, 2.75) is 19.9 Å². The summed E-state index contributed by atoms with van der Waals surface area (Å²) >= 11 is 0. The van der Waals surface area contributed by atoms with Crippen LogP contribution in [0.4, 0.5) is 10.5 Å². The summed E-state index contributed by atoms with van der Waals surface area (Å²) < 4.78 is 6.06. The van der Waals surface area contributed by atoms with Crippen molar-refractivity contribution in [1.29, 1.82) is 0 Å². The molecular weight excluding hydrogens is 360 g/mol. The van der Waals surface area contributed by atoms with Gasteiger partial charge in [-0.2, -0.15) is 0 Å². The lowest BCUT2D eigenvalue weighted by atomic mass is 9.99. The Balaban J connectivity index is 2.24. The number of anilines is 1. The van der Waals surface area contributed by atoms with Gasteiger partial charge in [0.15, 0.2) is 0 Å². The Morgan fingerprint density at radius 3 is 2.50 bits per heavy atom. The Kier molecular flexibility index (Phi) is 5.44. The van der Waals surface area contributed by atoms with Gasteiger partial charge in [0.25, 0.3) is 5.56 Å². The van der Waals surface area contributed by atoms with E-state index in [0.29, 0.717) is 23.9 Å². The van der Waals surface area contributed by atoms with E-state index in [2.05, 4.69) is 10.1 Å². The maximum Gasteiger partial charge on any atom is 0.411 e. The minimum atomic E-state index is -0.744. The lowest BCUT2D eigenvalue weighted by Crippen LogP contribution is -2.28. The average molecular weight is 380 g/mol. The fourth-order valence-electron chi connectivity index (χ4n) is 3.13. The summed E-state index contributed by atoms with van der Waals surface area (Å²) in [5.41, 5.74) is -0.0708. The van der Waals surface area contributed by atoms with Crippen LogP contribution in [0.1, 0.15) is 29.3 Å². The summed E-state index contributed by atoms with van der Waals surface area (Å²) in [6, 6.07) is 13.1. The smallest absolute Gasteiger partial charge is 0.411 e. The maximum absolute atomic E-state index is 13.2. The Bertz CT molecular complexity index is 1120. The van der Waals surface area contributed by atoms with Crippen LogP contribution in [0.3, 0.4) is 0 Å². The molecule has 0 aliphatic carbocycles. The molecule has 144 valence electrons. The van der Waals surface area contributed by atoms with Crippen LogP contribution < -0.4 is 10.9 Å². The molecule has 0 bridgehead atoms. The summed E-state index contributed by atoms with van der Waals surface area (Å²) in [5, 5.41) is 13.6. The van der Waals surface area contributed by atoms with Crippen LogP contribution in [0, 0.1) is 0 Å². The number of carbonyl (C=O) groups is 2. The molecule has 1 amide bonds. The number of hydrogen-bond donors (Lipinski definition) is 2. The van der Waals surface area contributed by atoms with E-state index in [1.807, 2.05) is 6.92 Å². The van der Waals surface area contributed by atoms with Crippen LogP contribution in [-0.4, -0.2) is 28.7 Å². The van der Waals surface area contributed by atoms with E-state index in [4.69, 9.17) is 0 Å². The van der Waals surface area contributed by atoms with Crippen molar-refractivity contribution in [3.63, 3.8) is 0 Å². The van der Waals surface area contributed by atoms with Crippen LogP contribution >= 0.6 is 0 Å². The van der Waals surface area contributed by atoms with E-state index in [9.17, 15) is 19.5 Å². The molecule has 0 aliphatic rings. The van der Waals surface area contributed by atoms with Crippen LogP contribution in [0.5, 0.6) is 5.75 Å². The first kappa shape index (κ1) is 19.2. The minimum Gasteiger partial charge on any atom is -0.506 e. The molecule has 0 spiro atoms. The van der Waals surface area contributed by atoms with Crippen LogP contribution in [-0.2, 0) is 11.3 Å². The number of pyridine rings is 1. The standard InChI is InChI=1S/C21H20N2O5/c1-3-12-23-16-11-7-5-9-14(16)19(25)17(20(23)26)18(24)13-8-4-6-10-15(13)22-21(27)28-2/h4-11,25H,3,12H2,1-2H3,(H,22,27). The van der Waals surface area contributed by atoms with Crippen molar-refractivity contribution in [1.82, 2.24) is 4.57 Å². The first-order valence-corrected chi connectivity index (χ1v) is 8.82. The number of benzene rings is 2. The van der Waals surface area contributed by atoms with Crippen molar-refractivity contribution in [2.75, 3.05) is 12.4 Å². The van der Waals surface area contributed by atoms with E-state index < -0.39 is 17.4 Å². The fourth-order valence-corrected chi connectivity index (χ4v) is 3.13. The van der Waals surface area contributed by atoms with Gasteiger partial charge in [0.1, 0.15) is 11.3 Å². The first-order valence-electron chi connectivity index (χ1n) is 8.82. The van der Waals surface area contributed by atoms with Gasteiger partial charge in [0.05, 0.1) is 18.3 Å². The molecule has 0 atom stereocenters. The largest absolute Gasteiger partial charge is 0.506 e. The number of ketones is 1. The van der Waals surface area contributed by atoms with Crippen molar-refractivity contribution >= 4 is 28.5 Å². The predicted molar refractivity (Wildman–Crippen MR) is 106 cm³/mol. The number of methoxy groups -OCH3 is 1. The molecule has 3 rings (SSSR count). The van der Waals surface area contributed by atoms with Crippen molar-refractivity contribution in [3.05, 3.63) is 70.0 Å². The van der Waals surface area contributed by atoms with Crippen molar-refractivity contribution in [2.24, 2.45) is 0 Å². The molecule has 7 heteroatoms.